The van der Waals surface area contributed by atoms with Gasteiger partial charge in [-0.3, -0.25) is 9.59 Å². The summed E-state index contributed by atoms with van der Waals surface area (Å²) in [5.74, 6) is -0.233. The summed E-state index contributed by atoms with van der Waals surface area (Å²) >= 11 is 0. The normalized spacial score (nSPS) is 17.4. The van der Waals surface area contributed by atoms with Crippen molar-refractivity contribution in [3.8, 4) is 0 Å². The van der Waals surface area contributed by atoms with Crippen LogP contribution in [0, 0.1) is 13.8 Å². The first-order valence-electron chi connectivity index (χ1n) is 7.81. The molecular formula is C19H20N2O2. The van der Waals surface area contributed by atoms with E-state index in [9.17, 15) is 9.59 Å². The highest BCUT2D eigenvalue weighted by Crippen LogP contribution is 2.22. The molecule has 3 rings (SSSR count). The van der Waals surface area contributed by atoms with Gasteiger partial charge < -0.3 is 10.2 Å². The van der Waals surface area contributed by atoms with Gasteiger partial charge in [-0.1, -0.05) is 35.9 Å². The van der Waals surface area contributed by atoms with Crippen molar-refractivity contribution in [3.63, 3.8) is 0 Å². The van der Waals surface area contributed by atoms with Crippen LogP contribution in [0.4, 0.5) is 5.69 Å². The van der Waals surface area contributed by atoms with Gasteiger partial charge in [0.1, 0.15) is 6.04 Å². The number of carbonyl (C=O) groups is 2. The van der Waals surface area contributed by atoms with Crippen molar-refractivity contribution in [1.29, 1.82) is 0 Å². The number of hydrogen-bond acceptors (Lipinski definition) is 2. The summed E-state index contributed by atoms with van der Waals surface area (Å²) in [5, 5.41) is 2.87. The van der Waals surface area contributed by atoms with E-state index < -0.39 is 6.04 Å². The van der Waals surface area contributed by atoms with E-state index in [2.05, 4.69) is 5.32 Å². The lowest BCUT2D eigenvalue weighted by Gasteiger charge is -2.17. The Morgan fingerprint density at radius 1 is 1.09 bits per heavy atom. The Balaban J connectivity index is 1.71. The van der Waals surface area contributed by atoms with Crippen LogP contribution in [0.2, 0.25) is 0 Å². The van der Waals surface area contributed by atoms with Gasteiger partial charge in [0, 0.05) is 17.8 Å². The SMILES string of the molecule is Cc1ccc(N2CC[C@H](NC(=O)c3ccccc3C)C2=O)cc1. The maximum Gasteiger partial charge on any atom is 0.252 e. The van der Waals surface area contributed by atoms with Crippen molar-refractivity contribution in [1.82, 2.24) is 5.32 Å². The third-order valence-electron chi connectivity index (χ3n) is 4.25. The molecule has 2 aromatic rings. The molecule has 1 saturated heterocycles. The number of amides is 2. The quantitative estimate of drug-likeness (QED) is 0.948. The Morgan fingerprint density at radius 2 is 1.78 bits per heavy atom. The topological polar surface area (TPSA) is 49.4 Å². The number of nitrogens with one attached hydrogen (secondary N) is 1. The Hall–Kier alpha value is -2.62. The van der Waals surface area contributed by atoms with Crippen molar-refractivity contribution in [2.75, 3.05) is 11.4 Å². The van der Waals surface area contributed by atoms with E-state index >= 15 is 0 Å². The third-order valence-corrected chi connectivity index (χ3v) is 4.25. The molecular weight excluding hydrogens is 288 g/mol. The maximum atomic E-state index is 12.6. The molecule has 2 amide bonds. The van der Waals surface area contributed by atoms with Gasteiger partial charge in [-0.05, 0) is 44.0 Å². The molecule has 1 fully saturated rings. The molecule has 23 heavy (non-hydrogen) atoms. The Kier molecular flexibility index (Phi) is 4.15. The van der Waals surface area contributed by atoms with E-state index in [0.29, 0.717) is 18.5 Å². The van der Waals surface area contributed by atoms with Gasteiger partial charge in [0.15, 0.2) is 0 Å². The second-order valence-corrected chi connectivity index (χ2v) is 5.96. The lowest BCUT2D eigenvalue weighted by atomic mass is 10.1. The van der Waals surface area contributed by atoms with Crippen molar-refractivity contribution >= 4 is 17.5 Å². The number of aryl methyl sites for hydroxylation is 2. The minimum Gasteiger partial charge on any atom is -0.340 e. The van der Waals surface area contributed by atoms with Gasteiger partial charge in [0.05, 0.1) is 0 Å². The average Bonchev–Trinajstić information content (AvgIpc) is 2.89. The molecule has 1 N–H and O–H groups in total. The van der Waals surface area contributed by atoms with Crippen LogP contribution < -0.4 is 10.2 Å². The monoisotopic (exact) mass is 308 g/mol. The minimum absolute atomic E-state index is 0.0456. The van der Waals surface area contributed by atoms with Crippen molar-refractivity contribution in [2.24, 2.45) is 0 Å². The zero-order valence-electron chi connectivity index (χ0n) is 13.4. The van der Waals surface area contributed by atoms with Crippen LogP contribution in [0.25, 0.3) is 0 Å². The fourth-order valence-corrected chi connectivity index (χ4v) is 2.86. The summed E-state index contributed by atoms with van der Waals surface area (Å²) in [6.07, 6.45) is 0.629. The number of nitrogens with zero attached hydrogens (tertiary/aromatic N) is 1. The fraction of sp³-hybridized carbons (Fsp3) is 0.263. The zero-order chi connectivity index (χ0) is 16.4. The predicted molar refractivity (Wildman–Crippen MR) is 90.6 cm³/mol. The lowest BCUT2D eigenvalue weighted by molar-refractivity contribution is -0.118. The Morgan fingerprint density at radius 3 is 2.48 bits per heavy atom. The molecule has 0 unspecified atom stereocenters. The second kappa shape index (κ2) is 6.24. The summed E-state index contributed by atoms with van der Waals surface area (Å²) in [6, 6.07) is 14.8. The highest BCUT2D eigenvalue weighted by atomic mass is 16.2. The van der Waals surface area contributed by atoms with E-state index in [-0.39, 0.29) is 11.8 Å². The van der Waals surface area contributed by atoms with Crippen LogP contribution in [-0.4, -0.2) is 24.4 Å². The van der Waals surface area contributed by atoms with Gasteiger partial charge in [0.25, 0.3) is 5.91 Å². The number of benzene rings is 2. The van der Waals surface area contributed by atoms with E-state index in [1.165, 1.54) is 0 Å². The molecule has 0 aromatic heterocycles. The number of carbonyl (C=O) groups excluding carboxylic acids is 2. The molecule has 1 aliphatic heterocycles. The van der Waals surface area contributed by atoms with Crippen molar-refractivity contribution in [3.05, 3.63) is 65.2 Å². The summed E-state index contributed by atoms with van der Waals surface area (Å²) in [6.45, 7) is 4.53. The molecule has 0 aliphatic carbocycles. The maximum absolute atomic E-state index is 12.6. The molecule has 1 heterocycles. The van der Waals surface area contributed by atoms with Crippen LogP contribution in [0.1, 0.15) is 27.9 Å². The standard InChI is InChI=1S/C19H20N2O2/c1-13-7-9-15(10-8-13)21-12-11-17(19(21)23)20-18(22)16-6-4-3-5-14(16)2/h3-10,17H,11-12H2,1-2H3,(H,20,22)/t17-/m0/s1. The molecule has 4 nitrogen and oxygen atoms in total. The van der Waals surface area contributed by atoms with Gasteiger partial charge in [-0.25, -0.2) is 0 Å². The number of anilines is 1. The van der Waals surface area contributed by atoms with Gasteiger partial charge in [-0.15, -0.1) is 0 Å². The smallest absolute Gasteiger partial charge is 0.252 e. The molecule has 1 aliphatic rings. The van der Waals surface area contributed by atoms with Crippen LogP contribution >= 0.6 is 0 Å². The second-order valence-electron chi connectivity index (χ2n) is 5.96. The predicted octanol–water partition coefficient (Wildman–Crippen LogP) is 2.84. The van der Waals surface area contributed by atoms with E-state index in [1.54, 1.807) is 11.0 Å². The summed E-state index contributed by atoms with van der Waals surface area (Å²) < 4.78 is 0. The number of hydrogen-bond donors (Lipinski definition) is 1. The average molecular weight is 308 g/mol. The van der Waals surface area contributed by atoms with Crippen LogP contribution in [-0.2, 0) is 4.79 Å². The van der Waals surface area contributed by atoms with E-state index in [4.69, 9.17) is 0 Å². The first-order chi connectivity index (χ1) is 11.1. The van der Waals surface area contributed by atoms with Gasteiger partial charge in [0.2, 0.25) is 5.91 Å². The molecule has 0 spiro atoms. The summed E-state index contributed by atoms with van der Waals surface area (Å²) in [4.78, 5) is 26.7. The molecule has 0 radical (unpaired) electrons. The minimum atomic E-state index is -0.455. The third kappa shape index (κ3) is 3.11. The van der Waals surface area contributed by atoms with E-state index in [1.807, 2.05) is 56.3 Å². The first kappa shape index (κ1) is 15.3. The molecule has 4 heteroatoms. The zero-order valence-corrected chi connectivity index (χ0v) is 13.4. The molecule has 2 aromatic carbocycles. The molecule has 1 atom stereocenters. The largest absolute Gasteiger partial charge is 0.340 e. The van der Waals surface area contributed by atoms with Crippen LogP contribution in [0.15, 0.2) is 48.5 Å². The Labute approximate surface area is 136 Å². The van der Waals surface area contributed by atoms with Crippen LogP contribution in [0.5, 0.6) is 0 Å². The fourth-order valence-electron chi connectivity index (χ4n) is 2.86. The highest BCUT2D eigenvalue weighted by Gasteiger charge is 2.33. The molecule has 0 saturated carbocycles. The van der Waals surface area contributed by atoms with Crippen molar-refractivity contribution < 1.29 is 9.59 Å². The van der Waals surface area contributed by atoms with Crippen molar-refractivity contribution in [2.45, 2.75) is 26.3 Å². The van der Waals surface area contributed by atoms with E-state index in [0.717, 1.165) is 16.8 Å². The first-order valence-corrected chi connectivity index (χ1v) is 7.81. The molecule has 0 bridgehead atoms. The lowest BCUT2D eigenvalue weighted by Crippen LogP contribution is -2.41. The van der Waals surface area contributed by atoms with Gasteiger partial charge in [-0.2, -0.15) is 0 Å². The van der Waals surface area contributed by atoms with Crippen LogP contribution in [0.3, 0.4) is 0 Å². The Bertz CT molecular complexity index is 737. The van der Waals surface area contributed by atoms with Gasteiger partial charge >= 0.3 is 0 Å². The molecule has 118 valence electrons. The summed E-state index contributed by atoms with van der Waals surface area (Å²) in [5.41, 5.74) is 3.57. The highest BCUT2D eigenvalue weighted by molar-refractivity contribution is 6.04. The number of rotatable bonds is 3. The summed E-state index contributed by atoms with van der Waals surface area (Å²) in [7, 11) is 0.